The molecule has 0 aliphatic heterocycles. The lowest BCUT2D eigenvalue weighted by molar-refractivity contribution is 0.0604. The number of carbonyl (C=O) groups excluding carboxylic acids is 1. The molecular weight excluding hydrogens is 521 g/mol. The van der Waals surface area contributed by atoms with Gasteiger partial charge in [-0.25, -0.2) is 4.98 Å². The first kappa shape index (κ1) is 26.6. The number of amides is 1. The van der Waals surface area contributed by atoms with E-state index in [2.05, 4.69) is 10.3 Å². The van der Waals surface area contributed by atoms with Crippen LogP contribution in [0.1, 0.15) is 46.5 Å². The third-order valence-electron chi connectivity index (χ3n) is 7.55. The maximum atomic E-state index is 14.2. The molecule has 0 saturated heterocycles. The molecule has 2 aromatic carbocycles. The number of aryl methyl sites for hydroxylation is 1. The van der Waals surface area contributed by atoms with Gasteiger partial charge in [0.05, 0.1) is 12.1 Å². The van der Waals surface area contributed by atoms with Crippen molar-refractivity contribution >= 4 is 38.9 Å². The van der Waals surface area contributed by atoms with Gasteiger partial charge in [0, 0.05) is 46.0 Å². The predicted octanol–water partition coefficient (Wildman–Crippen LogP) is 7.25. The van der Waals surface area contributed by atoms with Crippen LogP contribution in [0, 0.1) is 12.9 Å². The molecule has 0 spiro atoms. The normalized spacial score (nSPS) is 17.5. The Morgan fingerprint density at radius 2 is 1.92 bits per heavy atom. The lowest BCUT2D eigenvalue weighted by Crippen LogP contribution is -2.44. The van der Waals surface area contributed by atoms with Gasteiger partial charge in [0.2, 0.25) is 5.95 Å². The molecule has 1 aliphatic rings. The number of hydrogen-bond acceptors (Lipinski definition) is 5. The Hall–Kier alpha value is -3.00. The molecule has 0 atom stereocenters. The Kier molecular flexibility index (Phi) is 7.98. The summed E-state index contributed by atoms with van der Waals surface area (Å²) in [7, 11) is 3.63. The highest BCUT2D eigenvalue weighted by Gasteiger charge is 2.32. The number of aromatic nitrogens is 1. The van der Waals surface area contributed by atoms with Crippen LogP contribution in [0.2, 0.25) is 5.02 Å². The standard InChI is InChI=1S/C30H31ClFN3O2S/c1-18-5-4-6-25-27(18)28(31)29(38-25)30(36)35(23-11-9-22(33-2)10-12-23)17-21-15-19(7-13-24(21)37-3)20-8-14-26(32)34-16-20/h4-8,13-16,22-23,33H,9-12,17H2,1-3H3/t22-,23-. The average molecular weight is 552 g/mol. The van der Waals surface area contributed by atoms with Crippen LogP contribution >= 0.6 is 22.9 Å². The molecule has 5 nitrogen and oxygen atoms in total. The van der Waals surface area contributed by atoms with E-state index in [-0.39, 0.29) is 11.9 Å². The van der Waals surface area contributed by atoms with Gasteiger partial charge >= 0.3 is 0 Å². The molecule has 4 aromatic rings. The van der Waals surface area contributed by atoms with Crippen molar-refractivity contribution in [3.8, 4) is 16.9 Å². The van der Waals surface area contributed by atoms with Gasteiger partial charge in [0.1, 0.15) is 10.6 Å². The van der Waals surface area contributed by atoms with Gasteiger partial charge < -0.3 is 15.0 Å². The Bertz CT molecular complexity index is 1450. The fourth-order valence-corrected chi connectivity index (χ4v) is 7.03. The number of carbonyl (C=O) groups is 1. The summed E-state index contributed by atoms with van der Waals surface area (Å²) in [5.74, 6) is 0.120. The van der Waals surface area contributed by atoms with Crippen LogP contribution in [-0.4, -0.2) is 42.0 Å². The Morgan fingerprint density at radius 3 is 2.58 bits per heavy atom. The van der Waals surface area contributed by atoms with Crippen LogP contribution < -0.4 is 10.1 Å². The molecule has 0 bridgehead atoms. The molecule has 0 radical (unpaired) electrons. The topological polar surface area (TPSA) is 54.5 Å². The number of benzene rings is 2. The van der Waals surface area contributed by atoms with Crippen molar-refractivity contribution in [3.05, 3.63) is 81.7 Å². The fourth-order valence-electron chi connectivity index (χ4n) is 5.40. The quantitative estimate of drug-likeness (QED) is 0.246. The van der Waals surface area contributed by atoms with E-state index in [9.17, 15) is 9.18 Å². The highest BCUT2D eigenvalue weighted by Crippen LogP contribution is 2.39. The molecule has 8 heteroatoms. The van der Waals surface area contributed by atoms with Crippen molar-refractivity contribution in [2.75, 3.05) is 14.2 Å². The average Bonchev–Trinajstić information content (AvgIpc) is 3.29. The number of nitrogens with zero attached hydrogens (tertiary/aromatic N) is 2. The van der Waals surface area contributed by atoms with E-state index in [0.717, 1.165) is 58.0 Å². The maximum Gasteiger partial charge on any atom is 0.266 e. The molecule has 1 fully saturated rings. The molecule has 198 valence electrons. The zero-order chi connectivity index (χ0) is 26.8. The number of pyridine rings is 1. The van der Waals surface area contributed by atoms with Gasteiger partial charge in [-0.05, 0) is 81.1 Å². The molecular formula is C30H31ClFN3O2S. The van der Waals surface area contributed by atoms with E-state index >= 15 is 0 Å². The van der Waals surface area contributed by atoms with Crippen molar-refractivity contribution < 1.29 is 13.9 Å². The number of rotatable bonds is 7. The lowest BCUT2D eigenvalue weighted by atomic mass is 9.89. The van der Waals surface area contributed by atoms with E-state index < -0.39 is 5.95 Å². The molecule has 1 aliphatic carbocycles. The summed E-state index contributed by atoms with van der Waals surface area (Å²) in [5.41, 5.74) is 3.62. The zero-order valence-corrected chi connectivity index (χ0v) is 23.3. The molecule has 38 heavy (non-hydrogen) atoms. The van der Waals surface area contributed by atoms with E-state index in [4.69, 9.17) is 16.3 Å². The number of halogens is 2. The van der Waals surface area contributed by atoms with Crippen LogP contribution in [0.15, 0.2) is 54.7 Å². The van der Waals surface area contributed by atoms with Gasteiger partial charge in [-0.3, -0.25) is 4.79 Å². The summed E-state index contributed by atoms with van der Waals surface area (Å²) < 4.78 is 20.1. The second kappa shape index (κ2) is 11.4. The smallest absolute Gasteiger partial charge is 0.266 e. The maximum absolute atomic E-state index is 14.2. The highest BCUT2D eigenvalue weighted by atomic mass is 35.5. The van der Waals surface area contributed by atoms with Crippen molar-refractivity contribution in [1.82, 2.24) is 15.2 Å². The van der Waals surface area contributed by atoms with Crippen LogP contribution in [0.4, 0.5) is 4.39 Å². The predicted molar refractivity (Wildman–Crippen MR) is 153 cm³/mol. The number of nitrogens with one attached hydrogen (secondary N) is 1. The van der Waals surface area contributed by atoms with E-state index in [1.807, 2.05) is 55.3 Å². The molecule has 5 rings (SSSR count). The van der Waals surface area contributed by atoms with Crippen molar-refractivity contribution in [2.45, 2.75) is 51.2 Å². The fraction of sp³-hybridized carbons (Fsp3) is 0.333. The molecule has 2 aromatic heterocycles. The number of fused-ring (bicyclic) bond motifs is 1. The first-order chi connectivity index (χ1) is 18.4. The van der Waals surface area contributed by atoms with Gasteiger partial charge in [0.15, 0.2) is 0 Å². The second-order valence-corrected chi connectivity index (χ2v) is 11.2. The van der Waals surface area contributed by atoms with Gasteiger partial charge in [-0.15, -0.1) is 11.3 Å². The third-order valence-corrected chi connectivity index (χ3v) is 9.18. The minimum absolute atomic E-state index is 0.0561. The summed E-state index contributed by atoms with van der Waals surface area (Å²) in [6, 6.07) is 15.4. The van der Waals surface area contributed by atoms with Crippen LogP contribution in [0.5, 0.6) is 5.75 Å². The Balaban J connectivity index is 1.54. The molecule has 0 unspecified atom stereocenters. The van der Waals surface area contributed by atoms with Gasteiger partial charge in [-0.1, -0.05) is 29.8 Å². The van der Waals surface area contributed by atoms with Crippen LogP contribution in [-0.2, 0) is 6.54 Å². The molecule has 1 N–H and O–H groups in total. The summed E-state index contributed by atoms with van der Waals surface area (Å²) in [5, 5.41) is 4.86. The number of hydrogen-bond donors (Lipinski definition) is 1. The first-order valence-corrected chi connectivity index (χ1v) is 14.0. The monoisotopic (exact) mass is 551 g/mol. The molecule has 1 saturated carbocycles. The summed E-state index contributed by atoms with van der Waals surface area (Å²) >= 11 is 8.31. The van der Waals surface area contributed by atoms with Gasteiger partial charge in [-0.2, -0.15) is 4.39 Å². The Morgan fingerprint density at radius 1 is 1.16 bits per heavy atom. The number of ether oxygens (including phenoxy) is 1. The first-order valence-electron chi connectivity index (χ1n) is 12.8. The summed E-state index contributed by atoms with van der Waals surface area (Å²) in [6.45, 7) is 2.40. The number of thiophene rings is 1. The van der Waals surface area contributed by atoms with Crippen molar-refractivity contribution in [2.24, 2.45) is 0 Å². The molecule has 1 amide bonds. The Labute approximate surface area is 231 Å². The van der Waals surface area contributed by atoms with E-state index in [1.165, 1.54) is 23.6 Å². The zero-order valence-electron chi connectivity index (χ0n) is 21.8. The van der Waals surface area contributed by atoms with Crippen molar-refractivity contribution in [3.63, 3.8) is 0 Å². The summed E-state index contributed by atoms with van der Waals surface area (Å²) in [6.07, 6.45) is 5.33. The second-order valence-electron chi connectivity index (χ2n) is 9.82. The minimum Gasteiger partial charge on any atom is -0.496 e. The highest BCUT2D eigenvalue weighted by molar-refractivity contribution is 7.21. The minimum atomic E-state index is -0.521. The molecule has 2 heterocycles. The SMILES string of the molecule is CN[C@H]1CC[C@H](N(Cc2cc(-c3ccc(F)nc3)ccc2OC)C(=O)c2sc3cccc(C)c3c2Cl)CC1. The third kappa shape index (κ3) is 5.28. The van der Waals surface area contributed by atoms with E-state index in [0.29, 0.717) is 28.2 Å². The van der Waals surface area contributed by atoms with Crippen LogP contribution in [0.3, 0.4) is 0 Å². The lowest BCUT2D eigenvalue weighted by Gasteiger charge is -2.37. The number of methoxy groups -OCH3 is 1. The van der Waals surface area contributed by atoms with Crippen molar-refractivity contribution in [1.29, 1.82) is 0 Å². The van der Waals surface area contributed by atoms with E-state index in [1.54, 1.807) is 13.2 Å². The van der Waals surface area contributed by atoms with Gasteiger partial charge in [0.25, 0.3) is 5.91 Å². The largest absolute Gasteiger partial charge is 0.496 e. The van der Waals surface area contributed by atoms with Crippen LogP contribution in [0.25, 0.3) is 21.2 Å². The summed E-state index contributed by atoms with van der Waals surface area (Å²) in [4.78, 5) is 20.6.